The molecule has 3 aromatic heterocycles. The van der Waals surface area contributed by atoms with Gasteiger partial charge >= 0.3 is 12.1 Å². The van der Waals surface area contributed by atoms with Crippen LogP contribution in [0.2, 0.25) is 0 Å². The molecule has 1 saturated carbocycles. The average molecular weight is 447 g/mol. The van der Waals surface area contributed by atoms with Crippen molar-refractivity contribution in [1.82, 2.24) is 24.6 Å². The van der Waals surface area contributed by atoms with E-state index in [0.29, 0.717) is 12.0 Å². The van der Waals surface area contributed by atoms with Crippen molar-refractivity contribution >= 4 is 5.65 Å². The Hall–Kier alpha value is -3.96. The van der Waals surface area contributed by atoms with Gasteiger partial charge in [-0.1, -0.05) is 12.1 Å². The van der Waals surface area contributed by atoms with Crippen LogP contribution in [0.5, 0.6) is 5.75 Å². The van der Waals surface area contributed by atoms with Crippen molar-refractivity contribution in [1.29, 1.82) is 0 Å². The molecule has 0 saturated heterocycles. The van der Waals surface area contributed by atoms with E-state index < -0.39 is 23.6 Å². The predicted molar refractivity (Wildman–Crippen MR) is 103 cm³/mol. The fraction of sp³-hybridized carbons (Fsp3) is 0.200. The lowest BCUT2D eigenvalue weighted by molar-refractivity contribution is -0.274. The van der Waals surface area contributed by atoms with Gasteiger partial charge in [-0.15, -0.1) is 13.2 Å². The second kappa shape index (κ2) is 7.04. The third-order valence-electron chi connectivity index (χ3n) is 5.28. The second-order valence-corrected chi connectivity index (χ2v) is 7.35. The molecular weight excluding hydrogens is 434 g/mol. The molecule has 0 spiro atoms. The summed E-state index contributed by atoms with van der Waals surface area (Å²) in [6.07, 6.45) is -1.92. The number of benzene rings is 1. The number of aromatic nitrogens is 5. The number of hydrogen-bond donors (Lipinski definition) is 2. The zero-order valence-corrected chi connectivity index (χ0v) is 16.0. The summed E-state index contributed by atoms with van der Waals surface area (Å²) >= 11 is 0. The van der Waals surface area contributed by atoms with Crippen molar-refractivity contribution in [2.45, 2.75) is 24.6 Å². The van der Waals surface area contributed by atoms with Crippen molar-refractivity contribution in [3.8, 4) is 17.0 Å². The molecule has 0 radical (unpaired) electrons. The first kappa shape index (κ1) is 20.0. The predicted octanol–water partition coefficient (Wildman–Crippen LogP) is 3.08. The first-order valence-electron chi connectivity index (χ1n) is 9.42. The Morgan fingerprint density at radius 1 is 1.12 bits per heavy atom. The third kappa shape index (κ3) is 3.63. The van der Waals surface area contributed by atoms with Crippen LogP contribution >= 0.6 is 0 Å². The van der Waals surface area contributed by atoms with Crippen LogP contribution in [0, 0.1) is 5.95 Å². The van der Waals surface area contributed by atoms with E-state index in [1.807, 2.05) is 0 Å². The molecule has 1 aliphatic carbocycles. The molecule has 164 valence electrons. The first-order chi connectivity index (χ1) is 15.2. The number of ether oxygens (including phenoxy) is 1. The second-order valence-electron chi connectivity index (χ2n) is 7.35. The molecule has 0 aliphatic heterocycles. The van der Waals surface area contributed by atoms with Gasteiger partial charge in [0.2, 0.25) is 5.95 Å². The van der Waals surface area contributed by atoms with Gasteiger partial charge in [0.1, 0.15) is 5.75 Å². The van der Waals surface area contributed by atoms with Crippen LogP contribution in [-0.4, -0.2) is 30.9 Å². The Kier molecular flexibility index (Phi) is 4.39. The standard InChI is InChI=1S/C20H13F4N5O3/c21-16-8-25-17-13(6-15(28-29(16)17)14-7-26-19(31)27-18(14)30)12-5-11(12)9-1-3-10(4-2-9)32-20(22,23)24/h1-4,6-8,11-12H,5H2,(H2,26,27,30,31)/t11-,12+/m1/s1. The summed E-state index contributed by atoms with van der Waals surface area (Å²) in [6, 6.07) is 7.17. The van der Waals surface area contributed by atoms with Crippen LogP contribution in [0.4, 0.5) is 17.6 Å². The van der Waals surface area contributed by atoms with E-state index in [4.69, 9.17) is 0 Å². The van der Waals surface area contributed by atoms with Gasteiger partial charge in [-0.05, 0) is 42.0 Å². The molecular formula is C20H13F4N5O3. The Labute approximate surface area is 175 Å². The summed E-state index contributed by atoms with van der Waals surface area (Å²) in [5.41, 5.74) is 0.513. The van der Waals surface area contributed by atoms with Crippen molar-refractivity contribution in [2.24, 2.45) is 0 Å². The summed E-state index contributed by atoms with van der Waals surface area (Å²) in [4.78, 5) is 32.0. The maximum Gasteiger partial charge on any atom is 0.573 e. The molecule has 4 aromatic rings. The number of H-pyrrole nitrogens is 2. The molecule has 1 aromatic carbocycles. The van der Waals surface area contributed by atoms with E-state index >= 15 is 0 Å². The number of nitrogens with one attached hydrogen (secondary N) is 2. The molecule has 8 nitrogen and oxygen atoms in total. The number of alkyl halides is 3. The maximum atomic E-state index is 14.3. The maximum absolute atomic E-state index is 14.3. The number of aromatic amines is 2. The largest absolute Gasteiger partial charge is 0.573 e. The minimum atomic E-state index is -4.77. The summed E-state index contributed by atoms with van der Waals surface area (Å²) in [6.45, 7) is 0. The number of imidazole rings is 1. The Balaban J connectivity index is 1.51. The molecule has 1 aliphatic rings. The highest BCUT2D eigenvalue weighted by Gasteiger charge is 2.42. The van der Waals surface area contributed by atoms with Crippen LogP contribution in [-0.2, 0) is 0 Å². The molecule has 12 heteroatoms. The van der Waals surface area contributed by atoms with E-state index in [1.54, 1.807) is 18.2 Å². The highest BCUT2D eigenvalue weighted by Crippen LogP contribution is 2.55. The topological polar surface area (TPSA) is 105 Å². The fourth-order valence-corrected chi connectivity index (χ4v) is 3.79. The van der Waals surface area contributed by atoms with Crippen molar-refractivity contribution < 1.29 is 22.3 Å². The molecule has 0 unspecified atom stereocenters. The highest BCUT2D eigenvalue weighted by atomic mass is 19.4. The van der Waals surface area contributed by atoms with Gasteiger partial charge in [0, 0.05) is 11.8 Å². The normalized spacial score (nSPS) is 18.1. The fourth-order valence-electron chi connectivity index (χ4n) is 3.79. The Morgan fingerprint density at radius 2 is 1.88 bits per heavy atom. The van der Waals surface area contributed by atoms with Gasteiger partial charge in [0.25, 0.3) is 5.56 Å². The molecule has 3 heterocycles. The number of fused-ring (bicyclic) bond motifs is 1. The van der Waals surface area contributed by atoms with Gasteiger partial charge in [0.15, 0.2) is 5.65 Å². The number of halogens is 4. The van der Waals surface area contributed by atoms with Gasteiger partial charge in [-0.25, -0.2) is 9.78 Å². The van der Waals surface area contributed by atoms with Gasteiger partial charge in [-0.3, -0.25) is 9.78 Å². The van der Waals surface area contributed by atoms with Crippen LogP contribution in [0.1, 0.15) is 29.4 Å². The lowest BCUT2D eigenvalue weighted by Gasteiger charge is -2.10. The van der Waals surface area contributed by atoms with Crippen LogP contribution in [0.3, 0.4) is 0 Å². The van der Waals surface area contributed by atoms with Crippen molar-refractivity contribution in [2.75, 3.05) is 0 Å². The average Bonchev–Trinajstić information content (AvgIpc) is 3.43. The van der Waals surface area contributed by atoms with Crippen LogP contribution < -0.4 is 16.0 Å². The van der Waals surface area contributed by atoms with Gasteiger partial charge < -0.3 is 9.72 Å². The van der Waals surface area contributed by atoms with Gasteiger partial charge in [0.05, 0.1) is 17.5 Å². The third-order valence-corrected chi connectivity index (χ3v) is 5.28. The van der Waals surface area contributed by atoms with E-state index in [2.05, 4.69) is 24.8 Å². The summed E-state index contributed by atoms with van der Waals surface area (Å²) < 4.78 is 56.2. The molecule has 0 bridgehead atoms. The van der Waals surface area contributed by atoms with E-state index in [1.165, 1.54) is 18.3 Å². The number of nitrogens with zero attached hydrogens (tertiary/aromatic N) is 3. The molecule has 2 atom stereocenters. The molecule has 32 heavy (non-hydrogen) atoms. The summed E-state index contributed by atoms with van der Waals surface area (Å²) in [7, 11) is 0. The summed E-state index contributed by atoms with van der Waals surface area (Å²) in [5.74, 6) is -1.20. The molecule has 5 rings (SSSR count). The number of hydrogen-bond acceptors (Lipinski definition) is 5. The smallest absolute Gasteiger partial charge is 0.406 e. The van der Waals surface area contributed by atoms with E-state index in [9.17, 15) is 27.2 Å². The highest BCUT2D eigenvalue weighted by molar-refractivity contribution is 5.63. The lowest BCUT2D eigenvalue weighted by atomic mass is 10.0. The quantitative estimate of drug-likeness (QED) is 0.468. The Bertz CT molecular complexity index is 1440. The van der Waals surface area contributed by atoms with Crippen LogP contribution in [0.25, 0.3) is 16.9 Å². The first-order valence-corrected chi connectivity index (χ1v) is 9.42. The summed E-state index contributed by atoms with van der Waals surface area (Å²) in [5, 5.41) is 4.12. The zero-order valence-electron chi connectivity index (χ0n) is 16.0. The SMILES string of the molecule is O=c1[nH]cc(-c2cc([C@H]3C[C@@H]3c3ccc(OC(F)(F)F)cc3)c3ncc(F)n3n2)c(=O)[nH]1. The van der Waals surface area contributed by atoms with Crippen molar-refractivity contribution in [3.05, 3.63) is 80.6 Å². The monoisotopic (exact) mass is 447 g/mol. The number of rotatable bonds is 4. The van der Waals surface area contributed by atoms with Gasteiger partial charge in [-0.2, -0.15) is 14.0 Å². The molecule has 0 amide bonds. The Morgan fingerprint density at radius 3 is 2.56 bits per heavy atom. The van der Waals surface area contributed by atoms with Crippen molar-refractivity contribution in [3.63, 3.8) is 0 Å². The van der Waals surface area contributed by atoms with E-state index in [-0.39, 0.29) is 34.5 Å². The minimum Gasteiger partial charge on any atom is -0.406 e. The minimum absolute atomic E-state index is 0.0392. The lowest BCUT2D eigenvalue weighted by Crippen LogP contribution is -2.23. The molecule has 1 fully saturated rings. The van der Waals surface area contributed by atoms with E-state index in [0.717, 1.165) is 16.3 Å². The zero-order chi connectivity index (χ0) is 22.6. The molecule has 2 N–H and O–H groups in total. The van der Waals surface area contributed by atoms with Crippen LogP contribution in [0.15, 0.2) is 52.3 Å².